The van der Waals surface area contributed by atoms with Crippen LogP contribution in [0.1, 0.15) is 11.3 Å². The van der Waals surface area contributed by atoms with E-state index in [1.165, 1.54) is 12.1 Å². The quantitative estimate of drug-likeness (QED) is 0.872. The van der Waals surface area contributed by atoms with Crippen LogP contribution in [0.5, 0.6) is 0 Å². The first-order valence-electron chi connectivity index (χ1n) is 6.28. The number of hydrogen-bond donors (Lipinski definition) is 2. The predicted molar refractivity (Wildman–Crippen MR) is 73.0 cm³/mol. The van der Waals surface area contributed by atoms with Crippen LogP contribution in [-0.4, -0.2) is 23.5 Å². The summed E-state index contributed by atoms with van der Waals surface area (Å²) in [7, 11) is 0. The number of carbonyl (C=O) groups is 2. The van der Waals surface area contributed by atoms with E-state index in [9.17, 15) is 14.0 Å². The first-order valence-corrected chi connectivity index (χ1v) is 6.28. The lowest BCUT2D eigenvalue weighted by Crippen LogP contribution is -2.34. The molecule has 0 unspecified atom stereocenters. The van der Waals surface area contributed by atoms with Gasteiger partial charge in [0.25, 0.3) is 0 Å². The molecule has 110 valence electrons. The molecule has 21 heavy (non-hydrogen) atoms. The number of nitrogens with one attached hydrogen (secondary N) is 2. The van der Waals surface area contributed by atoms with Gasteiger partial charge in [-0.2, -0.15) is 0 Å². The van der Waals surface area contributed by atoms with Crippen LogP contribution in [0.3, 0.4) is 0 Å². The normalized spacial score (nSPS) is 10.2. The third-order valence-electron chi connectivity index (χ3n) is 2.65. The molecule has 0 aliphatic heterocycles. The van der Waals surface area contributed by atoms with Crippen molar-refractivity contribution < 1.29 is 18.5 Å². The van der Waals surface area contributed by atoms with Gasteiger partial charge < -0.3 is 15.2 Å². The number of halogens is 1. The largest absolute Gasteiger partial charge is 0.360 e. The molecule has 2 amide bonds. The predicted octanol–water partition coefficient (Wildman–Crippen LogP) is 1.42. The van der Waals surface area contributed by atoms with Crippen LogP contribution in [0.25, 0.3) is 0 Å². The number of anilines is 1. The molecule has 0 fully saturated rings. The number of nitrogens with zero attached hydrogens (tertiary/aromatic N) is 1. The second kappa shape index (κ2) is 6.65. The summed E-state index contributed by atoms with van der Waals surface area (Å²) in [5, 5.41) is 8.46. The third kappa shape index (κ3) is 4.41. The molecule has 2 rings (SSSR count). The minimum Gasteiger partial charge on any atom is -0.360 e. The lowest BCUT2D eigenvalue weighted by molar-refractivity contribution is -0.123. The van der Waals surface area contributed by atoms with E-state index in [1.54, 1.807) is 25.1 Å². The van der Waals surface area contributed by atoms with Crippen molar-refractivity contribution in [3.05, 3.63) is 47.5 Å². The summed E-state index contributed by atoms with van der Waals surface area (Å²) < 4.78 is 18.2. The van der Waals surface area contributed by atoms with Crippen molar-refractivity contribution >= 4 is 17.6 Å². The van der Waals surface area contributed by atoms with Gasteiger partial charge in [0.2, 0.25) is 11.8 Å². The molecule has 0 saturated heterocycles. The van der Waals surface area contributed by atoms with Crippen molar-refractivity contribution in [1.82, 2.24) is 10.5 Å². The maximum atomic E-state index is 13.4. The molecule has 0 atom stereocenters. The average molecular weight is 291 g/mol. The molecule has 2 N–H and O–H groups in total. The molecule has 0 aliphatic rings. The molecule has 7 heteroatoms. The van der Waals surface area contributed by atoms with Crippen LogP contribution in [0, 0.1) is 12.7 Å². The highest BCUT2D eigenvalue weighted by Gasteiger charge is 2.10. The monoisotopic (exact) mass is 291 g/mol. The van der Waals surface area contributed by atoms with Gasteiger partial charge in [-0.3, -0.25) is 9.59 Å². The van der Waals surface area contributed by atoms with Crippen LogP contribution in [0.15, 0.2) is 34.9 Å². The van der Waals surface area contributed by atoms with Gasteiger partial charge in [0.15, 0.2) is 5.82 Å². The Morgan fingerprint density at radius 3 is 2.71 bits per heavy atom. The maximum Gasteiger partial charge on any atom is 0.245 e. The fourth-order valence-corrected chi connectivity index (χ4v) is 1.67. The van der Waals surface area contributed by atoms with Crippen LogP contribution >= 0.6 is 0 Å². The maximum absolute atomic E-state index is 13.4. The van der Waals surface area contributed by atoms with Crippen LogP contribution in [0.2, 0.25) is 0 Å². The second-order valence-corrected chi connectivity index (χ2v) is 4.42. The summed E-state index contributed by atoms with van der Waals surface area (Å²) in [5.41, 5.74) is 0.280. The third-order valence-corrected chi connectivity index (χ3v) is 2.65. The van der Waals surface area contributed by atoms with E-state index in [1.807, 2.05) is 0 Å². The Bertz CT molecular complexity index is 654. The molecule has 0 aliphatic carbocycles. The first kappa shape index (κ1) is 14.7. The summed E-state index contributed by atoms with van der Waals surface area (Å²) in [6.45, 7) is 1.47. The molecule has 0 spiro atoms. The number of aromatic nitrogens is 1. The molecule has 0 bridgehead atoms. The minimum absolute atomic E-state index is 0.122. The summed E-state index contributed by atoms with van der Waals surface area (Å²) >= 11 is 0. The zero-order valence-electron chi connectivity index (χ0n) is 11.4. The molecular formula is C14H14FN3O3. The summed E-state index contributed by atoms with van der Waals surface area (Å²) in [6.07, 6.45) is -0.122. The lowest BCUT2D eigenvalue weighted by atomic mass is 10.1. The van der Waals surface area contributed by atoms with Gasteiger partial charge in [-0.05, 0) is 18.6 Å². The number of hydrogen-bond acceptors (Lipinski definition) is 4. The highest BCUT2D eigenvalue weighted by Crippen LogP contribution is 2.07. The van der Waals surface area contributed by atoms with Crippen molar-refractivity contribution in [3.63, 3.8) is 0 Å². The topological polar surface area (TPSA) is 84.2 Å². The summed E-state index contributed by atoms with van der Waals surface area (Å²) in [6, 6.07) is 7.55. The molecule has 2 aromatic rings. The van der Waals surface area contributed by atoms with E-state index in [0.29, 0.717) is 5.76 Å². The van der Waals surface area contributed by atoms with Crippen molar-refractivity contribution in [2.45, 2.75) is 13.3 Å². The molecular weight excluding hydrogens is 277 g/mol. The van der Waals surface area contributed by atoms with Crippen LogP contribution < -0.4 is 10.6 Å². The van der Waals surface area contributed by atoms with Crippen molar-refractivity contribution in [2.75, 3.05) is 11.9 Å². The molecule has 6 nitrogen and oxygen atoms in total. The van der Waals surface area contributed by atoms with E-state index >= 15 is 0 Å². The van der Waals surface area contributed by atoms with Gasteiger partial charge in [-0.15, -0.1) is 0 Å². The number of carbonyl (C=O) groups excluding carboxylic acids is 2. The molecule has 1 heterocycles. The highest BCUT2D eigenvalue weighted by atomic mass is 19.1. The number of rotatable bonds is 5. The number of amides is 2. The summed E-state index contributed by atoms with van der Waals surface area (Å²) in [4.78, 5) is 23.2. The SMILES string of the molecule is Cc1cc(NC(=O)CNC(=O)Cc2ccccc2F)no1. The Labute approximate surface area is 120 Å². The van der Waals surface area contributed by atoms with Gasteiger partial charge in [0, 0.05) is 6.07 Å². The fraction of sp³-hybridized carbons (Fsp3) is 0.214. The number of aryl methyl sites for hydroxylation is 1. The van der Waals surface area contributed by atoms with Gasteiger partial charge in [-0.1, -0.05) is 23.4 Å². The fourth-order valence-electron chi connectivity index (χ4n) is 1.67. The zero-order valence-corrected chi connectivity index (χ0v) is 11.4. The highest BCUT2D eigenvalue weighted by molar-refractivity contribution is 5.94. The molecule has 1 aromatic carbocycles. The molecule has 0 saturated carbocycles. The smallest absolute Gasteiger partial charge is 0.245 e. The van der Waals surface area contributed by atoms with Crippen molar-refractivity contribution in [3.8, 4) is 0 Å². The van der Waals surface area contributed by atoms with Crippen LogP contribution in [-0.2, 0) is 16.0 Å². The number of benzene rings is 1. The van der Waals surface area contributed by atoms with Gasteiger partial charge in [0.05, 0.1) is 13.0 Å². The Kier molecular flexibility index (Phi) is 4.65. The Morgan fingerprint density at radius 1 is 1.29 bits per heavy atom. The van der Waals surface area contributed by atoms with Crippen molar-refractivity contribution in [2.24, 2.45) is 0 Å². The van der Waals surface area contributed by atoms with E-state index < -0.39 is 17.6 Å². The second-order valence-electron chi connectivity index (χ2n) is 4.42. The van der Waals surface area contributed by atoms with Gasteiger partial charge in [0.1, 0.15) is 11.6 Å². The van der Waals surface area contributed by atoms with Crippen LogP contribution in [0.4, 0.5) is 10.2 Å². The Morgan fingerprint density at radius 2 is 2.05 bits per heavy atom. The van der Waals surface area contributed by atoms with E-state index in [-0.39, 0.29) is 24.3 Å². The minimum atomic E-state index is -0.449. The standard InChI is InChI=1S/C14H14FN3O3/c1-9-6-12(18-21-9)17-14(20)8-16-13(19)7-10-4-2-3-5-11(10)15/h2-6H,7-8H2,1H3,(H,16,19)(H,17,18,20). The Balaban J connectivity index is 1.78. The van der Waals surface area contributed by atoms with Gasteiger partial charge in [-0.25, -0.2) is 4.39 Å². The Hall–Kier alpha value is -2.70. The average Bonchev–Trinajstić information content (AvgIpc) is 2.84. The molecule has 0 radical (unpaired) electrons. The van der Waals surface area contributed by atoms with E-state index in [4.69, 9.17) is 4.52 Å². The molecule has 1 aromatic heterocycles. The lowest BCUT2D eigenvalue weighted by Gasteiger charge is -2.05. The van der Waals surface area contributed by atoms with Crippen molar-refractivity contribution in [1.29, 1.82) is 0 Å². The summed E-state index contributed by atoms with van der Waals surface area (Å²) in [5.74, 6) is -0.485. The van der Waals surface area contributed by atoms with E-state index in [0.717, 1.165) is 0 Å². The first-order chi connectivity index (χ1) is 10.0. The zero-order chi connectivity index (χ0) is 15.2. The van der Waals surface area contributed by atoms with Gasteiger partial charge >= 0.3 is 0 Å². The van der Waals surface area contributed by atoms with E-state index in [2.05, 4.69) is 15.8 Å².